The van der Waals surface area contributed by atoms with Gasteiger partial charge in [0.2, 0.25) is 0 Å². The maximum absolute atomic E-state index is 13.4. The standard InChI is InChI=1S/C15H13BrF2O/c1-9-3-2-4-10(7-9)8-13(19)11-5-6-12(17)15(18)14(11)16/h2-7,13,19H,8H2,1H3. The van der Waals surface area contributed by atoms with E-state index in [4.69, 9.17) is 0 Å². The van der Waals surface area contributed by atoms with Crippen LogP contribution in [0.3, 0.4) is 0 Å². The van der Waals surface area contributed by atoms with Crippen LogP contribution in [0.4, 0.5) is 8.78 Å². The maximum atomic E-state index is 13.4. The summed E-state index contributed by atoms with van der Waals surface area (Å²) in [4.78, 5) is 0. The first kappa shape index (κ1) is 14.2. The van der Waals surface area contributed by atoms with Gasteiger partial charge in [0.25, 0.3) is 0 Å². The Morgan fingerprint density at radius 3 is 2.63 bits per heavy atom. The van der Waals surface area contributed by atoms with Gasteiger partial charge in [0.15, 0.2) is 11.6 Å². The minimum absolute atomic E-state index is 0.0207. The molecule has 0 spiro atoms. The third kappa shape index (κ3) is 3.19. The highest BCUT2D eigenvalue weighted by Gasteiger charge is 2.17. The Labute approximate surface area is 119 Å². The molecule has 1 atom stereocenters. The van der Waals surface area contributed by atoms with E-state index in [9.17, 15) is 13.9 Å². The molecule has 2 rings (SSSR count). The highest BCUT2D eigenvalue weighted by Crippen LogP contribution is 2.29. The van der Waals surface area contributed by atoms with Crippen molar-refractivity contribution < 1.29 is 13.9 Å². The molecule has 0 aliphatic heterocycles. The van der Waals surface area contributed by atoms with Crippen LogP contribution in [0.5, 0.6) is 0 Å². The third-order valence-electron chi connectivity index (χ3n) is 2.94. The summed E-state index contributed by atoms with van der Waals surface area (Å²) in [5, 5.41) is 10.1. The SMILES string of the molecule is Cc1cccc(CC(O)c2ccc(F)c(F)c2Br)c1. The van der Waals surface area contributed by atoms with Gasteiger partial charge in [-0.2, -0.15) is 0 Å². The molecule has 0 aliphatic rings. The molecule has 1 nitrogen and oxygen atoms in total. The first-order valence-corrected chi connectivity index (χ1v) is 6.65. The summed E-state index contributed by atoms with van der Waals surface area (Å²) in [6.45, 7) is 1.96. The Bertz CT molecular complexity index is 599. The first-order valence-electron chi connectivity index (χ1n) is 5.86. The Hall–Kier alpha value is -1.26. The smallest absolute Gasteiger partial charge is 0.173 e. The molecule has 0 aliphatic carbocycles. The topological polar surface area (TPSA) is 20.2 Å². The molecule has 0 heterocycles. The van der Waals surface area contributed by atoms with E-state index in [1.165, 1.54) is 6.07 Å². The summed E-state index contributed by atoms with van der Waals surface area (Å²) in [5.41, 5.74) is 2.39. The van der Waals surface area contributed by atoms with Gasteiger partial charge in [0, 0.05) is 6.42 Å². The largest absolute Gasteiger partial charge is 0.388 e. The molecule has 1 N–H and O–H groups in total. The van der Waals surface area contributed by atoms with Gasteiger partial charge in [0.1, 0.15) is 0 Å². The molecule has 2 aromatic carbocycles. The second kappa shape index (κ2) is 5.80. The number of rotatable bonds is 3. The Balaban J connectivity index is 2.25. The lowest BCUT2D eigenvalue weighted by Gasteiger charge is -2.14. The molecule has 0 fully saturated rings. The Morgan fingerprint density at radius 1 is 1.21 bits per heavy atom. The van der Waals surface area contributed by atoms with E-state index in [1.807, 2.05) is 31.2 Å². The summed E-state index contributed by atoms with van der Waals surface area (Å²) in [6.07, 6.45) is -0.531. The zero-order chi connectivity index (χ0) is 14.0. The Kier molecular flexibility index (Phi) is 4.32. The van der Waals surface area contributed by atoms with E-state index in [-0.39, 0.29) is 4.47 Å². The van der Waals surface area contributed by atoms with Gasteiger partial charge >= 0.3 is 0 Å². The van der Waals surface area contributed by atoms with Crippen molar-refractivity contribution in [3.05, 3.63) is 69.2 Å². The summed E-state index contributed by atoms with van der Waals surface area (Å²) in [5.74, 6) is -1.90. The molecule has 0 saturated heterocycles. The van der Waals surface area contributed by atoms with Crippen LogP contribution in [0.1, 0.15) is 22.8 Å². The highest BCUT2D eigenvalue weighted by molar-refractivity contribution is 9.10. The Morgan fingerprint density at radius 2 is 1.95 bits per heavy atom. The van der Waals surface area contributed by atoms with E-state index in [2.05, 4.69) is 15.9 Å². The van der Waals surface area contributed by atoms with Crippen molar-refractivity contribution in [2.45, 2.75) is 19.4 Å². The molecule has 0 aromatic heterocycles. The maximum Gasteiger partial charge on any atom is 0.173 e. The van der Waals surface area contributed by atoms with Crippen molar-refractivity contribution in [1.29, 1.82) is 0 Å². The second-order valence-corrected chi connectivity index (χ2v) is 5.27. The number of benzene rings is 2. The van der Waals surface area contributed by atoms with E-state index in [0.717, 1.165) is 17.2 Å². The molecule has 1 unspecified atom stereocenters. The average Bonchev–Trinajstić information content (AvgIpc) is 2.36. The highest BCUT2D eigenvalue weighted by atomic mass is 79.9. The van der Waals surface area contributed by atoms with E-state index in [0.29, 0.717) is 12.0 Å². The minimum atomic E-state index is -0.971. The average molecular weight is 327 g/mol. The molecule has 0 bridgehead atoms. The van der Waals surface area contributed by atoms with Crippen molar-refractivity contribution in [1.82, 2.24) is 0 Å². The summed E-state index contributed by atoms with van der Waals surface area (Å²) < 4.78 is 26.4. The molecule has 0 radical (unpaired) electrons. The molecule has 100 valence electrons. The summed E-state index contributed by atoms with van der Waals surface area (Å²) in [6, 6.07) is 10.1. The van der Waals surface area contributed by atoms with Gasteiger partial charge in [-0.15, -0.1) is 0 Å². The molecule has 2 aromatic rings. The first-order chi connectivity index (χ1) is 8.99. The van der Waals surface area contributed by atoms with Crippen LogP contribution in [0, 0.1) is 18.6 Å². The number of hydrogen-bond donors (Lipinski definition) is 1. The third-order valence-corrected chi connectivity index (χ3v) is 3.74. The zero-order valence-corrected chi connectivity index (χ0v) is 11.9. The predicted octanol–water partition coefficient (Wildman–Crippen LogP) is 4.31. The molecule has 4 heteroatoms. The van der Waals surface area contributed by atoms with Crippen molar-refractivity contribution in [2.75, 3.05) is 0 Å². The molecular formula is C15H13BrF2O. The van der Waals surface area contributed by atoms with Crippen LogP contribution in [-0.4, -0.2) is 5.11 Å². The molecule has 0 saturated carbocycles. The van der Waals surface area contributed by atoms with Crippen LogP contribution >= 0.6 is 15.9 Å². The quantitative estimate of drug-likeness (QED) is 0.833. The van der Waals surface area contributed by atoms with E-state index >= 15 is 0 Å². The normalized spacial score (nSPS) is 12.5. The van der Waals surface area contributed by atoms with Crippen molar-refractivity contribution in [2.24, 2.45) is 0 Å². The van der Waals surface area contributed by atoms with Gasteiger partial charge in [0.05, 0.1) is 10.6 Å². The van der Waals surface area contributed by atoms with Crippen molar-refractivity contribution >= 4 is 15.9 Å². The molecule has 0 amide bonds. The zero-order valence-electron chi connectivity index (χ0n) is 10.3. The van der Waals surface area contributed by atoms with Crippen molar-refractivity contribution in [3.63, 3.8) is 0 Å². The minimum Gasteiger partial charge on any atom is -0.388 e. The van der Waals surface area contributed by atoms with E-state index in [1.54, 1.807) is 0 Å². The van der Waals surface area contributed by atoms with E-state index < -0.39 is 17.7 Å². The van der Waals surface area contributed by atoms with Gasteiger partial charge < -0.3 is 5.11 Å². The van der Waals surface area contributed by atoms with Crippen LogP contribution < -0.4 is 0 Å². The fourth-order valence-electron chi connectivity index (χ4n) is 1.97. The van der Waals surface area contributed by atoms with Crippen LogP contribution in [-0.2, 0) is 6.42 Å². The number of aliphatic hydroxyl groups is 1. The lowest BCUT2D eigenvalue weighted by atomic mass is 10.00. The summed E-state index contributed by atoms with van der Waals surface area (Å²) >= 11 is 2.98. The summed E-state index contributed by atoms with van der Waals surface area (Å²) in [7, 11) is 0. The fraction of sp³-hybridized carbons (Fsp3) is 0.200. The van der Waals surface area contributed by atoms with Crippen LogP contribution in [0.15, 0.2) is 40.9 Å². The van der Waals surface area contributed by atoms with Gasteiger partial charge in [-0.1, -0.05) is 35.9 Å². The van der Waals surface area contributed by atoms with Gasteiger partial charge in [-0.05, 0) is 40.0 Å². The molecule has 19 heavy (non-hydrogen) atoms. The number of hydrogen-bond acceptors (Lipinski definition) is 1. The van der Waals surface area contributed by atoms with Gasteiger partial charge in [-0.25, -0.2) is 8.78 Å². The van der Waals surface area contributed by atoms with Crippen LogP contribution in [0.25, 0.3) is 0 Å². The lowest BCUT2D eigenvalue weighted by Crippen LogP contribution is -2.05. The lowest BCUT2D eigenvalue weighted by molar-refractivity contribution is 0.177. The predicted molar refractivity (Wildman–Crippen MR) is 73.9 cm³/mol. The van der Waals surface area contributed by atoms with Gasteiger partial charge in [-0.3, -0.25) is 0 Å². The van der Waals surface area contributed by atoms with Crippen LogP contribution in [0.2, 0.25) is 0 Å². The number of aliphatic hydroxyl groups excluding tert-OH is 1. The number of halogens is 3. The van der Waals surface area contributed by atoms with Crippen molar-refractivity contribution in [3.8, 4) is 0 Å². The monoisotopic (exact) mass is 326 g/mol. The second-order valence-electron chi connectivity index (χ2n) is 4.47. The molecular weight excluding hydrogens is 314 g/mol. The fourth-order valence-corrected chi connectivity index (χ4v) is 2.56. The number of aryl methyl sites for hydroxylation is 1.